The molecular formula is C12H15Cl. The van der Waals surface area contributed by atoms with E-state index in [1.807, 2.05) is 0 Å². The van der Waals surface area contributed by atoms with Crippen LogP contribution < -0.4 is 0 Å². The monoisotopic (exact) mass is 194 g/mol. The second-order valence-corrected chi connectivity index (χ2v) is 5.43. The number of hydrogen-bond acceptors (Lipinski definition) is 0. The molecule has 0 heterocycles. The number of rotatable bonds is 2. The molecule has 0 bridgehead atoms. The van der Waals surface area contributed by atoms with E-state index >= 15 is 0 Å². The number of halogens is 1. The first-order chi connectivity index (χ1) is 6.04. The quantitative estimate of drug-likeness (QED) is 0.631. The van der Waals surface area contributed by atoms with Gasteiger partial charge in [0.2, 0.25) is 0 Å². The Morgan fingerprint density at radius 3 is 2.23 bits per heavy atom. The molecule has 0 aliphatic heterocycles. The first-order valence-electron chi connectivity index (χ1n) is 4.76. The van der Waals surface area contributed by atoms with Crippen molar-refractivity contribution in [2.24, 2.45) is 5.41 Å². The molecule has 2 unspecified atom stereocenters. The van der Waals surface area contributed by atoms with Crippen molar-refractivity contribution >= 4 is 11.6 Å². The Hall–Kier alpha value is -0.490. The van der Waals surface area contributed by atoms with Gasteiger partial charge in [0, 0.05) is 4.87 Å². The van der Waals surface area contributed by atoms with E-state index in [1.165, 1.54) is 5.56 Å². The fourth-order valence-corrected chi connectivity index (χ4v) is 2.34. The lowest BCUT2D eigenvalue weighted by Crippen LogP contribution is -2.09. The van der Waals surface area contributed by atoms with E-state index in [4.69, 9.17) is 11.6 Å². The highest BCUT2D eigenvalue weighted by Gasteiger charge is 2.59. The summed E-state index contributed by atoms with van der Waals surface area (Å²) in [7, 11) is 0. The van der Waals surface area contributed by atoms with Crippen molar-refractivity contribution in [1.29, 1.82) is 0 Å². The van der Waals surface area contributed by atoms with Gasteiger partial charge in [-0.3, -0.25) is 0 Å². The van der Waals surface area contributed by atoms with Crippen molar-refractivity contribution in [1.82, 2.24) is 0 Å². The van der Waals surface area contributed by atoms with Crippen LogP contribution in [-0.2, 0) is 6.42 Å². The summed E-state index contributed by atoms with van der Waals surface area (Å²) in [6, 6.07) is 10.6. The van der Waals surface area contributed by atoms with Crippen molar-refractivity contribution < 1.29 is 0 Å². The molecule has 1 aromatic carbocycles. The van der Waals surface area contributed by atoms with E-state index in [2.05, 4.69) is 44.2 Å². The standard InChI is InChI=1S/C12H15Cl/c1-11(9-12(11,2)13)8-10-6-4-3-5-7-10/h3-7H,8-9H2,1-2H3. The molecule has 2 atom stereocenters. The van der Waals surface area contributed by atoms with Crippen LogP contribution in [0.4, 0.5) is 0 Å². The summed E-state index contributed by atoms with van der Waals surface area (Å²) >= 11 is 6.30. The minimum atomic E-state index is 0.0306. The van der Waals surface area contributed by atoms with Gasteiger partial charge < -0.3 is 0 Å². The maximum Gasteiger partial charge on any atom is 0.0481 e. The third kappa shape index (κ3) is 1.60. The molecule has 1 aromatic rings. The van der Waals surface area contributed by atoms with Gasteiger partial charge in [-0.1, -0.05) is 37.3 Å². The van der Waals surface area contributed by atoms with Gasteiger partial charge in [-0.25, -0.2) is 0 Å². The third-order valence-electron chi connectivity index (χ3n) is 3.29. The molecule has 0 N–H and O–H groups in total. The molecular weight excluding hydrogens is 180 g/mol. The van der Waals surface area contributed by atoms with Crippen LogP contribution in [0.5, 0.6) is 0 Å². The highest BCUT2D eigenvalue weighted by Crippen LogP contribution is 2.62. The molecule has 13 heavy (non-hydrogen) atoms. The molecule has 1 aliphatic rings. The van der Waals surface area contributed by atoms with Crippen LogP contribution in [0.1, 0.15) is 25.8 Å². The van der Waals surface area contributed by atoms with E-state index in [9.17, 15) is 0 Å². The minimum Gasteiger partial charge on any atom is -0.119 e. The zero-order chi connectivity index (χ0) is 9.53. The summed E-state index contributed by atoms with van der Waals surface area (Å²) in [6.07, 6.45) is 2.24. The van der Waals surface area contributed by atoms with Crippen molar-refractivity contribution in [3.63, 3.8) is 0 Å². The van der Waals surface area contributed by atoms with Crippen LogP contribution in [-0.4, -0.2) is 4.87 Å². The fourth-order valence-electron chi connectivity index (χ4n) is 1.98. The molecule has 1 fully saturated rings. The first kappa shape index (κ1) is 9.08. The Morgan fingerprint density at radius 2 is 1.77 bits per heavy atom. The van der Waals surface area contributed by atoms with Gasteiger partial charge in [0.05, 0.1) is 0 Å². The zero-order valence-corrected chi connectivity index (χ0v) is 8.93. The van der Waals surface area contributed by atoms with E-state index in [0.29, 0.717) is 5.41 Å². The molecule has 0 nitrogen and oxygen atoms in total. The van der Waals surface area contributed by atoms with Crippen molar-refractivity contribution in [3.05, 3.63) is 35.9 Å². The normalized spacial score (nSPS) is 37.5. The Balaban J connectivity index is 2.09. The van der Waals surface area contributed by atoms with Crippen LogP contribution in [0.25, 0.3) is 0 Å². The summed E-state index contributed by atoms with van der Waals surface area (Å²) < 4.78 is 0. The molecule has 0 spiro atoms. The van der Waals surface area contributed by atoms with Gasteiger partial charge in [0.15, 0.2) is 0 Å². The molecule has 0 aromatic heterocycles. The summed E-state index contributed by atoms with van der Waals surface area (Å²) in [5.41, 5.74) is 1.71. The van der Waals surface area contributed by atoms with Crippen LogP contribution in [0.2, 0.25) is 0 Å². The van der Waals surface area contributed by atoms with Gasteiger partial charge in [-0.15, -0.1) is 11.6 Å². The predicted octanol–water partition coefficient (Wildman–Crippen LogP) is 3.64. The third-order valence-corrected chi connectivity index (χ3v) is 3.88. The van der Waals surface area contributed by atoms with Crippen molar-refractivity contribution in [2.75, 3.05) is 0 Å². The van der Waals surface area contributed by atoms with Gasteiger partial charge in [-0.2, -0.15) is 0 Å². The smallest absolute Gasteiger partial charge is 0.0481 e. The molecule has 0 saturated heterocycles. The molecule has 0 radical (unpaired) electrons. The summed E-state index contributed by atoms with van der Waals surface area (Å²) in [6.45, 7) is 4.41. The van der Waals surface area contributed by atoms with Crippen LogP contribution in [0.15, 0.2) is 30.3 Å². The maximum absolute atomic E-state index is 6.30. The average molecular weight is 195 g/mol. The Morgan fingerprint density at radius 1 is 1.23 bits per heavy atom. The topological polar surface area (TPSA) is 0 Å². The van der Waals surface area contributed by atoms with E-state index in [0.717, 1.165) is 12.8 Å². The van der Waals surface area contributed by atoms with Gasteiger partial charge in [-0.05, 0) is 30.7 Å². The summed E-state index contributed by atoms with van der Waals surface area (Å²) in [4.78, 5) is 0.0306. The zero-order valence-electron chi connectivity index (χ0n) is 8.18. The summed E-state index contributed by atoms with van der Waals surface area (Å²) in [5, 5.41) is 0. The summed E-state index contributed by atoms with van der Waals surface area (Å²) in [5.74, 6) is 0. The van der Waals surface area contributed by atoms with Gasteiger partial charge in [0.25, 0.3) is 0 Å². The average Bonchev–Trinajstić information content (AvgIpc) is 2.51. The SMILES string of the molecule is CC1(Cl)CC1(C)Cc1ccccc1. The second kappa shape index (κ2) is 2.75. The van der Waals surface area contributed by atoms with Gasteiger partial charge in [0.1, 0.15) is 0 Å². The first-order valence-corrected chi connectivity index (χ1v) is 5.14. The molecule has 70 valence electrons. The van der Waals surface area contributed by atoms with Gasteiger partial charge >= 0.3 is 0 Å². The van der Waals surface area contributed by atoms with E-state index < -0.39 is 0 Å². The van der Waals surface area contributed by atoms with Crippen LogP contribution in [0, 0.1) is 5.41 Å². The van der Waals surface area contributed by atoms with Crippen LogP contribution in [0.3, 0.4) is 0 Å². The molecule has 0 amide bonds. The van der Waals surface area contributed by atoms with Crippen molar-refractivity contribution in [3.8, 4) is 0 Å². The fraction of sp³-hybridized carbons (Fsp3) is 0.500. The lowest BCUT2D eigenvalue weighted by Gasteiger charge is -2.12. The molecule has 1 saturated carbocycles. The minimum absolute atomic E-state index is 0.0306. The molecule has 2 rings (SSSR count). The molecule has 1 heteroatoms. The maximum atomic E-state index is 6.30. The Kier molecular flexibility index (Phi) is 1.92. The largest absolute Gasteiger partial charge is 0.119 e. The number of hydrogen-bond donors (Lipinski definition) is 0. The van der Waals surface area contributed by atoms with Crippen molar-refractivity contribution in [2.45, 2.75) is 31.6 Å². The molecule has 1 aliphatic carbocycles. The lowest BCUT2D eigenvalue weighted by molar-refractivity contribution is 0.532. The number of benzene rings is 1. The lowest BCUT2D eigenvalue weighted by atomic mass is 9.96. The second-order valence-electron chi connectivity index (χ2n) is 4.60. The van der Waals surface area contributed by atoms with Crippen LogP contribution >= 0.6 is 11.6 Å². The Labute approximate surface area is 84.9 Å². The highest BCUT2D eigenvalue weighted by molar-refractivity contribution is 6.26. The highest BCUT2D eigenvalue weighted by atomic mass is 35.5. The number of alkyl halides is 1. The predicted molar refractivity (Wildman–Crippen MR) is 57.1 cm³/mol. The van der Waals surface area contributed by atoms with E-state index in [-0.39, 0.29) is 4.87 Å². The Bertz CT molecular complexity index is 302. The van der Waals surface area contributed by atoms with E-state index in [1.54, 1.807) is 0 Å².